The molecule has 0 unspecified atom stereocenters. The van der Waals surface area contributed by atoms with Crippen molar-refractivity contribution in [1.82, 2.24) is 39.7 Å². The Bertz CT molecular complexity index is 1720. The predicted molar refractivity (Wildman–Crippen MR) is 186 cm³/mol. The first kappa shape index (κ1) is 39.5. The number of benzene rings is 2. The van der Waals surface area contributed by atoms with Gasteiger partial charge in [-0.05, 0) is 64.8 Å². The van der Waals surface area contributed by atoms with E-state index in [1.165, 1.54) is 72.2 Å². The van der Waals surface area contributed by atoms with Crippen LogP contribution in [0, 0.1) is 23.3 Å². The number of epoxide rings is 1. The summed E-state index contributed by atoms with van der Waals surface area (Å²) in [6.45, 7) is 15.7. The molecular formula is C37H48F4N8O2. The number of hydrogen-bond donors (Lipinski definition) is 2. The van der Waals surface area contributed by atoms with Gasteiger partial charge in [0.2, 0.25) is 0 Å². The van der Waals surface area contributed by atoms with Crippen LogP contribution in [-0.4, -0.2) is 77.9 Å². The number of aromatic nitrogens is 6. The van der Waals surface area contributed by atoms with Gasteiger partial charge in [-0.15, -0.1) is 0 Å². The SMILES string of the molecule is C.C=C1CCN([C@H](C)[C@](O)(Cn2cncn2)c2ccc(F)cc2F)CC1.C=C1CCNCC1.C[C@@H]1O[C@@]1(Cn1cncn1)c1ccc(F)cc1F. The minimum atomic E-state index is -1.58. The van der Waals surface area contributed by atoms with Crippen LogP contribution in [0.3, 0.4) is 0 Å². The lowest BCUT2D eigenvalue weighted by atomic mass is 9.84. The topological polar surface area (TPSA) is 109 Å². The lowest BCUT2D eigenvalue weighted by Gasteiger charge is -2.43. The van der Waals surface area contributed by atoms with E-state index in [2.05, 4.69) is 43.5 Å². The number of likely N-dealkylation sites (tertiary alicyclic amines) is 1. The molecule has 0 saturated carbocycles. The largest absolute Gasteiger partial charge is 0.381 e. The summed E-state index contributed by atoms with van der Waals surface area (Å²) >= 11 is 0. The van der Waals surface area contributed by atoms with E-state index in [4.69, 9.17) is 4.74 Å². The molecule has 0 spiro atoms. The molecule has 5 heterocycles. The number of piperidine rings is 2. The maximum Gasteiger partial charge on any atom is 0.142 e. The number of hydrogen-bond acceptors (Lipinski definition) is 8. The molecule has 0 radical (unpaired) electrons. The van der Waals surface area contributed by atoms with Crippen LogP contribution in [0.2, 0.25) is 0 Å². The maximum absolute atomic E-state index is 14.5. The van der Waals surface area contributed by atoms with Gasteiger partial charge in [0, 0.05) is 42.4 Å². The van der Waals surface area contributed by atoms with E-state index in [-0.39, 0.29) is 25.6 Å². The minimum Gasteiger partial charge on any atom is -0.381 e. The zero-order chi connectivity index (χ0) is 35.9. The Hall–Kier alpha value is -4.24. The fraction of sp³-hybridized carbons (Fsp3) is 0.459. The van der Waals surface area contributed by atoms with E-state index in [1.54, 1.807) is 4.68 Å². The molecule has 3 aliphatic rings. The molecule has 0 bridgehead atoms. The van der Waals surface area contributed by atoms with Gasteiger partial charge in [0.05, 0.1) is 19.2 Å². The van der Waals surface area contributed by atoms with Crippen LogP contribution in [0.5, 0.6) is 0 Å². The van der Waals surface area contributed by atoms with Gasteiger partial charge < -0.3 is 15.2 Å². The molecule has 0 aliphatic carbocycles. The highest BCUT2D eigenvalue weighted by molar-refractivity contribution is 5.31. The van der Waals surface area contributed by atoms with Crippen molar-refractivity contribution in [1.29, 1.82) is 0 Å². The third-order valence-corrected chi connectivity index (χ3v) is 9.56. The average molecular weight is 713 g/mol. The highest BCUT2D eigenvalue weighted by Crippen LogP contribution is 2.48. The maximum atomic E-state index is 14.5. The second-order valence-electron chi connectivity index (χ2n) is 13.0. The number of nitrogens with zero attached hydrogens (tertiary/aromatic N) is 7. The third kappa shape index (κ3) is 9.76. The number of aliphatic hydroxyl groups is 1. The molecule has 3 fully saturated rings. The van der Waals surface area contributed by atoms with E-state index in [9.17, 15) is 22.7 Å². The van der Waals surface area contributed by atoms with Gasteiger partial charge in [-0.25, -0.2) is 36.9 Å². The lowest BCUT2D eigenvalue weighted by molar-refractivity contribution is -0.0657. The second-order valence-corrected chi connectivity index (χ2v) is 13.0. The summed E-state index contributed by atoms with van der Waals surface area (Å²) in [5, 5.41) is 22.8. The highest BCUT2D eigenvalue weighted by atomic mass is 19.1. The van der Waals surface area contributed by atoms with Gasteiger partial charge in [0.25, 0.3) is 0 Å². The lowest BCUT2D eigenvalue weighted by Crippen LogP contribution is -2.53. The third-order valence-electron chi connectivity index (χ3n) is 9.56. The van der Waals surface area contributed by atoms with Gasteiger partial charge in [-0.1, -0.05) is 43.9 Å². The van der Waals surface area contributed by atoms with Crippen molar-refractivity contribution in [2.75, 3.05) is 26.2 Å². The second kappa shape index (κ2) is 17.3. The van der Waals surface area contributed by atoms with Crippen molar-refractivity contribution in [3.8, 4) is 0 Å². The van der Waals surface area contributed by atoms with Crippen LogP contribution >= 0.6 is 0 Å². The van der Waals surface area contributed by atoms with E-state index >= 15 is 0 Å². The number of nitrogens with one attached hydrogen (secondary N) is 1. The van der Waals surface area contributed by atoms with E-state index in [1.807, 2.05) is 13.8 Å². The molecule has 2 aromatic carbocycles. The Labute approximate surface area is 296 Å². The summed E-state index contributed by atoms with van der Waals surface area (Å²) in [4.78, 5) is 9.82. The Morgan fingerprint density at radius 1 is 0.902 bits per heavy atom. The van der Waals surface area contributed by atoms with Crippen molar-refractivity contribution in [3.63, 3.8) is 0 Å². The molecule has 4 aromatic rings. The molecule has 2 N–H and O–H groups in total. The molecule has 7 rings (SSSR count). The molecular weight excluding hydrogens is 664 g/mol. The van der Waals surface area contributed by atoms with Crippen LogP contribution in [-0.2, 0) is 29.0 Å². The zero-order valence-electron chi connectivity index (χ0n) is 28.4. The van der Waals surface area contributed by atoms with E-state index < -0.39 is 40.5 Å². The summed E-state index contributed by atoms with van der Waals surface area (Å²) in [5.74, 6) is -2.64. The van der Waals surface area contributed by atoms with E-state index in [0.29, 0.717) is 12.1 Å². The molecule has 3 aliphatic heterocycles. The van der Waals surface area contributed by atoms with Crippen LogP contribution < -0.4 is 5.32 Å². The van der Waals surface area contributed by atoms with Crippen LogP contribution in [0.4, 0.5) is 17.6 Å². The highest BCUT2D eigenvalue weighted by Gasteiger charge is 2.56. The zero-order valence-corrected chi connectivity index (χ0v) is 28.4. The van der Waals surface area contributed by atoms with E-state index in [0.717, 1.165) is 57.2 Å². The summed E-state index contributed by atoms with van der Waals surface area (Å²) in [7, 11) is 0. The summed E-state index contributed by atoms with van der Waals surface area (Å²) < 4.78 is 63.1. The van der Waals surface area contributed by atoms with Crippen molar-refractivity contribution in [3.05, 3.63) is 120 Å². The van der Waals surface area contributed by atoms with Crippen molar-refractivity contribution < 1.29 is 27.4 Å². The van der Waals surface area contributed by atoms with Gasteiger partial charge in [0.15, 0.2) is 0 Å². The first-order valence-electron chi connectivity index (χ1n) is 16.7. The molecule has 2 aromatic heterocycles. The Balaban J connectivity index is 0.000000195. The molecule has 0 amide bonds. The first-order chi connectivity index (χ1) is 23.9. The molecule has 14 heteroatoms. The summed E-state index contributed by atoms with van der Waals surface area (Å²) in [5.41, 5.74) is 0.638. The fourth-order valence-electron chi connectivity index (χ4n) is 6.36. The normalized spacial score (nSPS) is 22.0. The Morgan fingerprint density at radius 2 is 1.45 bits per heavy atom. The molecule has 51 heavy (non-hydrogen) atoms. The monoisotopic (exact) mass is 712 g/mol. The van der Waals surface area contributed by atoms with Gasteiger partial charge in [-0.3, -0.25) is 4.90 Å². The van der Waals surface area contributed by atoms with Crippen molar-refractivity contribution in [2.45, 2.75) is 83.4 Å². The van der Waals surface area contributed by atoms with Crippen molar-refractivity contribution in [2.24, 2.45) is 0 Å². The minimum absolute atomic E-state index is 0. The predicted octanol–water partition coefficient (Wildman–Crippen LogP) is 5.92. The van der Waals surface area contributed by atoms with Gasteiger partial charge >= 0.3 is 0 Å². The molecule has 10 nitrogen and oxygen atoms in total. The van der Waals surface area contributed by atoms with Gasteiger partial charge in [0.1, 0.15) is 59.8 Å². The molecule has 276 valence electrons. The fourth-order valence-corrected chi connectivity index (χ4v) is 6.36. The van der Waals surface area contributed by atoms with Crippen LogP contribution in [0.15, 0.2) is 86.0 Å². The quantitative estimate of drug-likeness (QED) is 0.132. The standard InChI is InChI=1S/C18H22F2N4O.C12H11F2N3O.C6H11N.CH4/c1-13-5-7-23(8-6-13)14(2)18(25,10-24-12-21-11-22-24)16-4-3-15(19)9-17(16)20;1-8-12(18-8,5-17-7-15-6-16-17)10-3-2-9(13)4-11(10)14;1-6-2-4-7-5-3-6;/h3-4,9,11-12,14,25H,1,5-8,10H2,2H3;2-4,6-8H,5H2,1H3;7H,1-5H2;1H4/t14-,18-;8-,12+;;/m10../s1. The van der Waals surface area contributed by atoms with Gasteiger partial charge in [-0.2, -0.15) is 10.2 Å². The number of rotatable bonds is 8. The number of ether oxygens (including phenoxy) is 1. The van der Waals surface area contributed by atoms with Crippen molar-refractivity contribution >= 4 is 0 Å². The van der Waals surface area contributed by atoms with Crippen LogP contribution in [0.25, 0.3) is 0 Å². The summed E-state index contributed by atoms with van der Waals surface area (Å²) in [6.07, 6.45) is 9.68. The Morgan fingerprint density at radius 3 is 1.94 bits per heavy atom. The Kier molecular flexibility index (Phi) is 13.4. The smallest absolute Gasteiger partial charge is 0.142 e. The summed E-state index contributed by atoms with van der Waals surface area (Å²) in [6, 6.07) is 6.39. The average Bonchev–Trinajstić information content (AvgIpc) is 3.45. The molecule has 3 saturated heterocycles. The number of halogens is 4. The molecule has 4 atom stereocenters. The first-order valence-corrected chi connectivity index (χ1v) is 16.7. The van der Waals surface area contributed by atoms with Crippen LogP contribution in [0.1, 0.15) is 58.1 Å².